The van der Waals surface area contributed by atoms with E-state index in [-0.39, 0.29) is 19.5 Å². The molecular weight excluding hydrogens is 113 g/mol. The van der Waals surface area contributed by atoms with Crippen LogP contribution in [0.25, 0.3) is 0 Å². The molecule has 0 atom stereocenters. The Hall–Kier alpha value is 0.363. The molecule has 5 heavy (non-hydrogen) atoms. The zero-order chi connectivity index (χ0) is 4.00. The molecule has 0 aromatic heterocycles. The summed E-state index contributed by atoms with van der Waals surface area (Å²) in [5, 5.41) is 0. The molecule has 0 aliphatic carbocycles. The predicted octanol–water partition coefficient (Wildman–Crippen LogP) is 1.44. The maximum absolute atomic E-state index is 4.25. The van der Waals surface area contributed by atoms with E-state index in [1.165, 1.54) is 0 Å². The van der Waals surface area contributed by atoms with Gasteiger partial charge in [0.2, 0.25) is 0 Å². The molecule has 0 rings (SSSR count). The van der Waals surface area contributed by atoms with Crippen LogP contribution in [0.2, 0.25) is 0 Å². The van der Waals surface area contributed by atoms with Crippen LogP contribution < -0.4 is 0 Å². The van der Waals surface area contributed by atoms with Gasteiger partial charge in [-0.05, 0) is 0 Å². The summed E-state index contributed by atoms with van der Waals surface area (Å²) >= 11 is 0. The largest absolute Gasteiger partial charge is 2.00 e. The first-order chi connectivity index (χ1) is 2.00. The van der Waals surface area contributed by atoms with Gasteiger partial charge in [-0.25, -0.2) is 0 Å². The minimum Gasteiger partial charge on any atom is -0.521 e. The maximum atomic E-state index is 4.25. The van der Waals surface area contributed by atoms with Crippen molar-refractivity contribution in [3.8, 4) is 0 Å². The number of hydrogen-bond acceptors (Lipinski definition) is 0. The molecule has 0 aromatic rings. The van der Waals surface area contributed by atoms with E-state index in [2.05, 4.69) is 20.1 Å². The molecular formula is C4H8Zn. The molecule has 0 radical (unpaired) electrons. The van der Waals surface area contributed by atoms with E-state index >= 15 is 0 Å². The van der Waals surface area contributed by atoms with Gasteiger partial charge < -0.3 is 13.5 Å². The Labute approximate surface area is 47.0 Å². The summed E-state index contributed by atoms with van der Waals surface area (Å²) in [6.07, 6.45) is 0. The third-order valence-electron chi connectivity index (χ3n) is 0. The SMILES string of the molecule is [CH-]=C.[CH2-]C.[Zn+2]. The van der Waals surface area contributed by atoms with Gasteiger partial charge in [0.15, 0.2) is 0 Å². The monoisotopic (exact) mass is 120 g/mol. The number of hydrogen-bond donors (Lipinski definition) is 0. The molecule has 0 unspecified atom stereocenters. The summed E-state index contributed by atoms with van der Waals surface area (Å²) in [6, 6.07) is 0. The molecule has 0 spiro atoms. The van der Waals surface area contributed by atoms with Crippen molar-refractivity contribution in [3.05, 3.63) is 20.1 Å². The first-order valence-electron chi connectivity index (χ1n) is 1.12. The molecule has 0 nitrogen and oxygen atoms in total. The Morgan fingerprint density at radius 2 is 1.40 bits per heavy atom. The second-order valence-corrected chi connectivity index (χ2v) is 0. The summed E-state index contributed by atoms with van der Waals surface area (Å²) in [5.41, 5.74) is 0. The van der Waals surface area contributed by atoms with Crippen LogP contribution >= 0.6 is 0 Å². The summed E-state index contributed by atoms with van der Waals surface area (Å²) in [4.78, 5) is 0. The summed E-state index contributed by atoms with van der Waals surface area (Å²) in [5.74, 6) is 0. The van der Waals surface area contributed by atoms with E-state index in [9.17, 15) is 0 Å². The summed E-state index contributed by atoms with van der Waals surface area (Å²) in [6.45, 7) is 12.0. The molecule has 0 saturated heterocycles. The molecule has 0 aromatic carbocycles. The number of rotatable bonds is 0. The van der Waals surface area contributed by atoms with Crippen LogP contribution in [0.4, 0.5) is 0 Å². The normalized spacial score (nSPS) is 2.00. The van der Waals surface area contributed by atoms with E-state index in [4.69, 9.17) is 0 Å². The zero-order valence-electron chi connectivity index (χ0n) is 3.70. The molecule has 0 saturated carbocycles. The van der Waals surface area contributed by atoms with Crippen molar-refractivity contribution >= 4 is 0 Å². The van der Waals surface area contributed by atoms with Crippen LogP contribution in [-0.2, 0) is 19.5 Å². The van der Waals surface area contributed by atoms with Crippen molar-refractivity contribution in [1.29, 1.82) is 0 Å². The van der Waals surface area contributed by atoms with Crippen LogP contribution in [0.1, 0.15) is 6.92 Å². The Balaban J connectivity index is -0.0000000133. The standard InChI is InChI=1S/C2H5.C2H3.Zn/c2*1-2;/h1H2,2H3;1H,2H2;/q2*-1;+2. The van der Waals surface area contributed by atoms with Gasteiger partial charge in [0.05, 0.1) is 0 Å². The average Bonchev–Trinajstić information content (AvgIpc) is 1.50. The van der Waals surface area contributed by atoms with E-state index < -0.39 is 0 Å². The predicted molar refractivity (Wildman–Crippen MR) is 21.0 cm³/mol. The van der Waals surface area contributed by atoms with E-state index in [0.717, 1.165) is 0 Å². The first kappa shape index (κ1) is 18.3. The average molecular weight is 121 g/mol. The summed E-state index contributed by atoms with van der Waals surface area (Å²) < 4.78 is 0. The minimum absolute atomic E-state index is 0. The van der Waals surface area contributed by atoms with Gasteiger partial charge in [0, 0.05) is 0 Å². The Morgan fingerprint density at radius 3 is 1.40 bits per heavy atom. The smallest absolute Gasteiger partial charge is 0.521 e. The van der Waals surface area contributed by atoms with E-state index in [1.54, 1.807) is 6.92 Å². The Kier molecular flexibility index (Phi) is 1370. The second kappa shape index (κ2) is 374. The van der Waals surface area contributed by atoms with Gasteiger partial charge in [0.25, 0.3) is 0 Å². The van der Waals surface area contributed by atoms with E-state index in [1.807, 2.05) is 0 Å². The maximum Gasteiger partial charge on any atom is 2.00 e. The van der Waals surface area contributed by atoms with Gasteiger partial charge in [0.1, 0.15) is 0 Å². The van der Waals surface area contributed by atoms with Gasteiger partial charge in [-0.15, -0.1) is 0 Å². The van der Waals surface area contributed by atoms with Crippen molar-refractivity contribution in [2.45, 2.75) is 6.92 Å². The third-order valence-corrected chi connectivity index (χ3v) is 0. The Bertz CT molecular complexity index is 3.61. The molecule has 1 heteroatoms. The fourth-order valence-electron chi connectivity index (χ4n) is 0. The fourth-order valence-corrected chi connectivity index (χ4v) is 0. The van der Waals surface area contributed by atoms with Gasteiger partial charge in [-0.1, -0.05) is 0 Å². The van der Waals surface area contributed by atoms with Crippen LogP contribution in [0, 0.1) is 13.5 Å². The van der Waals surface area contributed by atoms with E-state index in [0.29, 0.717) is 0 Å². The summed E-state index contributed by atoms with van der Waals surface area (Å²) in [7, 11) is 0. The molecule has 0 heterocycles. The molecule has 0 aliphatic rings. The van der Waals surface area contributed by atoms with Crippen LogP contribution in [0.3, 0.4) is 0 Å². The molecule has 0 fully saturated rings. The van der Waals surface area contributed by atoms with Crippen molar-refractivity contribution in [2.24, 2.45) is 0 Å². The first-order valence-corrected chi connectivity index (χ1v) is 1.12. The third kappa shape index (κ3) is 185. The van der Waals surface area contributed by atoms with Gasteiger partial charge >= 0.3 is 19.5 Å². The van der Waals surface area contributed by atoms with Crippen molar-refractivity contribution in [1.82, 2.24) is 0 Å². The molecule has 0 bridgehead atoms. The molecule has 0 amide bonds. The molecule has 0 N–H and O–H groups in total. The fraction of sp³-hybridized carbons (Fsp3) is 0.250. The van der Waals surface area contributed by atoms with Crippen LogP contribution in [-0.4, -0.2) is 0 Å². The molecule has 0 aliphatic heterocycles. The topological polar surface area (TPSA) is 0 Å². The Morgan fingerprint density at radius 1 is 1.40 bits per heavy atom. The minimum atomic E-state index is 0. The van der Waals surface area contributed by atoms with Gasteiger partial charge in [-0.2, -0.15) is 6.92 Å². The van der Waals surface area contributed by atoms with Gasteiger partial charge in [-0.3, -0.25) is 6.58 Å². The second-order valence-electron chi connectivity index (χ2n) is 0. The van der Waals surface area contributed by atoms with Crippen LogP contribution in [0.5, 0.6) is 0 Å². The molecule has 26 valence electrons. The van der Waals surface area contributed by atoms with Crippen molar-refractivity contribution in [2.75, 3.05) is 0 Å². The quantitative estimate of drug-likeness (QED) is 0.336. The van der Waals surface area contributed by atoms with Crippen molar-refractivity contribution in [3.63, 3.8) is 0 Å². The van der Waals surface area contributed by atoms with Crippen molar-refractivity contribution < 1.29 is 19.5 Å². The van der Waals surface area contributed by atoms with Crippen LogP contribution in [0.15, 0.2) is 6.58 Å². The zero-order valence-corrected chi connectivity index (χ0v) is 6.67.